The van der Waals surface area contributed by atoms with Crippen molar-refractivity contribution in [1.82, 2.24) is 20.2 Å². The number of halogens is 3. The van der Waals surface area contributed by atoms with E-state index in [-0.39, 0.29) is 43.1 Å². The normalized spacial score (nSPS) is 17.1. The zero-order valence-electron chi connectivity index (χ0n) is 21.7. The predicted octanol–water partition coefficient (Wildman–Crippen LogP) is 6.75. The largest absolute Gasteiger partial charge is 0.354 e. The Balaban J connectivity index is 0.00000160. The molecule has 1 saturated carbocycles. The van der Waals surface area contributed by atoms with Crippen LogP contribution in [0.5, 0.6) is 0 Å². The first-order valence-corrected chi connectivity index (χ1v) is 13.5. The lowest BCUT2D eigenvalue weighted by Crippen LogP contribution is -2.34. The smallest absolute Gasteiger partial charge is 0.252 e. The van der Waals surface area contributed by atoms with Gasteiger partial charge in [-0.25, -0.2) is 9.97 Å². The Morgan fingerprint density at radius 2 is 1.97 bits per heavy atom. The first-order chi connectivity index (χ1) is 16.5. The van der Waals surface area contributed by atoms with E-state index in [2.05, 4.69) is 46.5 Å². The molecule has 37 heavy (non-hydrogen) atoms. The molecule has 3 heterocycles. The van der Waals surface area contributed by atoms with Crippen molar-refractivity contribution in [2.24, 2.45) is 5.92 Å². The second-order valence-corrected chi connectivity index (χ2v) is 11.2. The minimum absolute atomic E-state index is 0. The summed E-state index contributed by atoms with van der Waals surface area (Å²) in [6.07, 6.45) is 7.79. The second kappa shape index (κ2) is 13.9. The number of likely N-dealkylation sites (tertiary alicyclic amines) is 1. The van der Waals surface area contributed by atoms with E-state index in [9.17, 15) is 4.79 Å². The van der Waals surface area contributed by atoms with Crippen LogP contribution in [0.15, 0.2) is 30.5 Å². The first-order valence-electron chi connectivity index (χ1n) is 12.6. The van der Waals surface area contributed by atoms with Crippen molar-refractivity contribution in [1.29, 1.82) is 0 Å². The quantitative estimate of drug-likeness (QED) is 0.272. The number of aromatic nitrogens is 2. The minimum atomic E-state index is 0. The molecule has 2 aromatic heterocycles. The molecule has 1 saturated heterocycles. The fraction of sp³-hybridized carbons (Fsp3) is 0.519. The van der Waals surface area contributed by atoms with Gasteiger partial charge in [-0.1, -0.05) is 19.9 Å². The maximum atomic E-state index is 12.7. The van der Waals surface area contributed by atoms with Crippen molar-refractivity contribution >= 4 is 70.5 Å². The van der Waals surface area contributed by atoms with Gasteiger partial charge in [-0.15, -0.1) is 48.6 Å². The van der Waals surface area contributed by atoms with Gasteiger partial charge < -0.3 is 15.5 Å². The van der Waals surface area contributed by atoms with Crippen LogP contribution < -0.4 is 10.6 Å². The fourth-order valence-electron chi connectivity index (χ4n) is 5.01. The van der Waals surface area contributed by atoms with Crippen molar-refractivity contribution in [3.05, 3.63) is 41.6 Å². The molecule has 5 rings (SSSR count). The number of nitrogens with zero attached hydrogens (tertiary/aromatic N) is 3. The summed E-state index contributed by atoms with van der Waals surface area (Å²) in [6, 6.07) is 9.15. The number of benzene rings is 1. The Hall–Kier alpha value is -1.64. The van der Waals surface area contributed by atoms with E-state index >= 15 is 0 Å². The van der Waals surface area contributed by atoms with Crippen molar-refractivity contribution in [3.63, 3.8) is 0 Å². The van der Waals surface area contributed by atoms with Crippen molar-refractivity contribution < 1.29 is 4.79 Å². The van der Waals surface area contributed by atoms with Gasteiger partial charge in [0.05, 0.1) is 10.6 Å². The van der Waals surface area contributed by atoms with Crippen molar-refractivity contribution in [2.75, 3.05) is 25.0 Å². The third-order valence-corrected chi connectivity index (χ3v) is 8.12. The Labute approximate surface area is 242 Å². The summed E-state index contributed by atoms with van der Waals surface area (Å²) < 4.78 is 1.11. The lowest BCUT2D eigenvalue weighted by molar-refractivity contribution is 0.0952. The topological polar surface area (TPSA) is 70.2 Å². The predicted molar refractivity (Wildman–Crippen MR) is 162 cm³/mol. The first kappa shape index (κ1) is 31.6. The summed E-state index contributed by atoms with van der Waals surface area (Å²) in [5, 5.41) is 7.55. The Morgan fingerprint density at radius 1 is 1.19 bits per heavy atom. The molecule has 2 fully saturated rings. The molecule has 2 aliphatic rings. The van der Waals surface area contributed by atoms with Gasteiger partial charge in [0.2, 0.25) is 5.95 Å². The van der Waals surface area contributed by atoms with Gasteiger partial charge in [-0.2, -0.15) is 0 Å². The van der Waals surface area contributed by atoms with Gasteiger partial charge in [0, 0.05) is 47.0 Å². The number of anilines is 1. The number of hydrogen-bond acceptors (Lipinski definition) is 6. The van der Waals surface area contributed by atoms with E-state index in [1.54, 1.807) is 11.3 Å². The van der Waals surface area contributed by atoms with Crippen LogP contribution in [0.25, 0.3) is 20.7 Å². The summed E-state index contributed by atoms with van der Waals surface area (Å²) in [7, 11) is 0. The van der Waals surface area contributed by atoms with Gasteiger partial charge in [0.25, 0.3) is 5.91 Å². The molecular formula is C27H38Cl3N5OS. The van der Waals surface area contributed by atoms with Gasteiger partial charge in [0.1, 0.15) is 0 Å². The van der Waals surface area contributed by atoms with Crippen LogP contribution >= 0.6 is 48.6 Å². The average Bonchev–Trinajstić information content (AvgIpc) is 3.32. The van der Waals surface area contributed by atoms with E-state index in [0.717, 1.165) is 76.1 Å². The Bertz CT molecular complexity index is 1180. The number of amides is 1. The molecule has 6 nitrogen and oxygen atoms in total. The summed E-state index contributed by atoms with van der Waals surface area (Å²) >= 11 is 1.68. The van der Waals surface area contributed by atoms with Gasteiger partial charge in [0.15, 0.2) is 0 Å². The van der Waals surface area contributed by atoms with Gasteiger partial charge in [-0.05, 0) is 75.3 Å². The van der Waals surface area contributed by atoms with Crippen LogP contribution in [0.4, 0.5) is 5.95 Å². The van der Waals surface area contributed by atoms with Crippen LogP contribution in [-0.2, 0) is 0 Å². The molecule has 1 amide bonds. The van der Waals surface area contributed by atoms with E-state index in [1.807, 2.05) is 25.3 Å². The van der Waals surface area contributed by atoms with E-state index in [4.69, 9.17) is 4.98 Å². The number of thiophene rings is 1. The molecule has 1 aromatic carbocycles. The fourth-order valence-corrected chi connectivity index (χ4v) is 6.15. The summed E-state index contributed by atoms with van der Waals surface area (Å²) in [5.41, 5.74) is 2.73. The maximum Gasteiger partial charge on any atom is 0.252 e. The highest BCUT2D eigenvalue weighted by atomic mass is 35.5. The van der Waals surface area contributed by atoms with E-state index in [1.165, 1.54) is 19.4 Å². The molecule has 1 atom stereocenters. The van der Waals surface area contributed by atoms with Crippen LogP contribution in [-0.4, -0.2) is 52.5 Å². The van der Waals surface area contributed by atoms with Crippen molar-refractivity contribution in [2.45, 2.75) is 65.0 Å². The number of rotatable bonds is 9. The summed E-state index contributed by atoms with van der Waals surface area (Å²) in [4.78, 5) is 25.8. The molecule has 0 radical (unpaired) electrons. The molecular weight excluding hydrogens is 549 g/mol. The molecule has 1 aliphatic carbocycles. The SMILES string of the molecule is Cc1cnc(NCCCN2CCCC2C(C)C)nc1-c1cc2c(C(=O)NC3CC3)cccc2s1.Cl.Cl.Cl. The van der Waals surface area contributed by atoms with Crippen LogP contribution in [0.1, 0.15) is 61.9 Å². The summed E-state index contributed by atoms with van der Waals surface area (Å²) in [5.74, 6) is 1.42. The molecule has 204 valence electrons. The van der Waals surface area contributed by atoms with Gasteiger partial charge >= 0.3 is 0 Å². The number of carbonyl (C=O) groups excluding carboxylic acids is 1. The number of carbonyl (C=O) groups is 1. The molecule has 0 spiro atoms. The third kappa shape index (κ3) is 7.48. The van der Waals surface area contributed by atoms with Crippen molar-refractivity contribution in [3.8, 4) is 10.6 Å². The number of hydrogen-bond donors (Lipinski definition) is 2. The molecule has 3 aromatic rings. The summed E-state index contributed by atoms with van der Waals surface area (Å²) in [6.45, 7) is 9.92. The lowest BCUT2D eigenvalue weighted by atomic mass is 10.0. The molecule has 1 unspecified atom stereocenters. The third-order valence-electron chi connectivity index (χ3n) is 7.01. The highest BCUT2D eigenvalue weighted by Gasteiger charge is 2.26. The van der Waals surface area contributed by atoms with Crippen LogP contribution in [0.3, 0.4) is 0 Å². The molecule has 2 N–H and O–H groups in total. The Morgan fingerprint density at radius 3 is 2.70 bits per heavy atom. The van der Waals surface area contributed by atoms with E-state index < -0.39 is 0 Å². The highest BCUT2D eigenvalue weighted by molar-refractivity contribution is 7.22. The highest BCUT2D eigenvalue weighted by Crippen LogP contribution is 2.36. The zero-order valence-corrected chi connectivity index (χ0v) is 24.9. The number of nitrogens with one attached hydrogen (secondary N) is 2. The maximum absolute atomic E-state index is 12.7. The molecule has 0 bridgehead atoms. The number of fused-ring (bicyclic) bond motifs is 1. The zero-order chi connectivity index (χ0) is 23.7. The van der Waals surface area contributed by atoms with E-state index in [0.29, 0.717) is 12.0 Å². The lowest BCUT2D eigenvalue weighted by Gasteiger charge is -2.27. The second-order valence-electron chi connectivity index (χ2n) is 10.1. The average molecular weight is 587 g/mol. The monoisotopic (exact) mass is 585 g/mol. The van der Waals surface area contributed by atoms with Crippen LogP contribution in [0, 0.1) is 12.8 Å². The molecule has 1 aliphatic heterocycles. The minimum Gasteiger partial charge on any atom is -0.354 e. The molecule has 10 heteroatoms. The standard InChI is InChI=1S/C27H35N5OS.3ClH/c1-17(2)22-8-5-13-32(22)14-6-12-28-27-29-16-18(3)25(31-27)24-15-21-20(7-4-9-23(21)34-24)26(33)30-19-10-11-19;;;/h4,7,9,15-17,19,22H,5-6,8,10-14H2,1-3H3,(H,30,33)(H,28,29,31);3*1H. The van der Waals surface area contributed by atoms with Gasteiger partial charge in [-0.3, -0.25) is 4.79 Å². The number of aryl methyl sites for hydroxylation is 1. The van der Waals surface area contributed by atoms with Crippen LogP contribution in [0.2, 0.25) is 0 Å². The Kier molecular flexibility index (Phi) is 11.9.